The molecule has 0 saturated heterocycles. The third-order valence-electron chi connectivity index (χ3n) is 5.27. The fourth-order valence-corrected chi connectivity index (χ4v) is 3.32. The average Bonchev–Trinajstić information content (AvgIpc) is 2.77. The SMILES string of the molecule is CCCCCCCCCC/C=C/CCOC(=O)/C=C/C(=O)OCCCCCCCCC. The summed E-state index contributed by atoms with van der Waals surface area (Å²) in [5.74, 6) is -0.975. The van der Waals surface area contributed by atoms with Gasteiger partial charge in [-0.05, 0) is 25.7 Å². The van der Waals surface area contributed by atoms with Crippen LogP contribution in [0.2, 0.25) is 0 Å². The zero-order valence-electron chi connectivity index (χ0n) is 20.4. The first-order valence-electron chi connectivity index (χ1n) is 12.9. The Hall–Kier alpha value is -1.58. The van der Waals surface area contributed by atoms with Crippen LogP contribution in [0, 0.1) is 0 Å². The Morgan fingerprint density at radius 2 is 0.935 bits per heavy atom. The first kappa shape index (κ1) is 29.4. The molecule has 0 heterocycles. The predicted octanol–water partition coefficient (Wildman–Crippen LogP) is 7.86. The standard InChI is InChI=1S/C27H48O4/c1-3-5-7-9-11-12-13-14-15-17-19-21-25-31-27(29)23-22-26(28)30-24-20-18-16-10-8-6-4-2/h17,19,22-23H,3-16,18,20-21,24-25H2,1-2H3/b19-17+,23-22+. The molecule has 0 aliphatic rings. The van der Waals surface area contributed by atoms with Crippen molar-refractivity contribution in [2.24, 2.45) is 0 Å². The van der Waals surface area contributed by atoms with Crippen molar-refractivity contribution in [1.29, 1.82) is 0 Å². The lowest BCUT2D eigenvalue weighted by Crippen LogP contribution is -2.06. The number of allylic oxidation sites excluding steroid dienone is 1. The van der Waals surface area contributed by atoms with Gasteiger partial charge in [0.1, 0.15) is 0 Å². The maximum absolute atomic E-state index is 11.6. The highest BCUT2D eigenvalue weighted by Gasteiger charge is 2.01. The lowest BCUT2D eigenvalue weighted by Gasteiger charge is -2.02. The summed E-state index contributed by atoms with van der Waals surface area (Å²) in [4.78, 5) is 23.2. The van der Waals surface area contributed by atoms with E-state index in [1.807, 2.05) is 0 Å². The molecule has 0 fully saturated rings. The molecule has 4 nitrogen and oxygen atoms in total. The molecule has 0 unspecified atom stereocenters. The van der Waals surface area contributed by atoms with Crippen molar-refractivity contribution < 1.29 is 19.1 Å². The van der Waals surface area contributed by atoms with E-state index in [9.17, 15) is 9.59 Å². The lowest BCUT2D eigenvalue weighted by molar-refractivity contribution is -0.140. The van der Waals surface area contributed by atoms with Crippen molar-refractivity contribution in [3.63, 3.8) is 0 Å². The summed E-state index contributed by atoms with van der Waals surface area (Å²) in [6, 6.07) is 0. The molecule has 0 saturated carbocycles. The van der Waals surface area contributed by atoms with E-state index in [4.69, 9.17) is 9.47 Å². The Kier molecular flexibility index (Phi) is 23.4. The molecule has 0 radical (unpaired) electrons. The minimum Gasteiger partial charge on any atom is -0.463 e. The van der Waals surface area contributed by atoms with Gasteiger partial charge >= 0.3 is 11.9 Å². The first-order valence-corrected chi connectivity index (χ1v) is 12.9. The quantitative estimate of drug-likeness (QED) is 0.0750. The van der Waals surface area contributed by atoms with Crippen LogP contribution in [0.4, 0.5) is 0 Å². The molecule has 0 aromatic carbocycles. The third-order valence-corrected chi connectivity index (χ3v) is 5.27. The van der Waals surface area contributed by atoms with E-state index in [1.165, 1.54) is 83.5 Å². The average molecular weight is 437 g/mol. The molecule has 0 N–H and O–H groups in total. The molecule has 0 bridgehead atoms. The fourth-order valence-electron chi connectivity index (χ4n) is 3.32. The zero-order chi connectivity index (χ0) is 22.8. The molecule has 0 aromatic rings. The van der Waals surface area contributed by atoms with Gasteiger partial charge < -0.3 is 9.47 Å². The number of carbonyl (C=O) groups is 2. The molecule has 180 valence electrons. The van der Waals surface area contributed by atoms with Crippen LogP contribution in [0.25, 0.3) is 0 Å². The number of unbranched alkanes of at least 4 members (excludes halogenated alkanes) is 14. The molecule has 4 heteroatoms. The van der Waals surface area contributed by atoms with Crippen molar-refractivity contribution in [2.75, 3.05) is 13.2 Å². The monoisotopic (exact) mass is 436 g/mol. The molecule has 0 aliphatic heterocycles. The van der Waals surface area contributed by atoms with Gasteiger partial charge in [0.15, 0.2) is 0 Å². The van der Waals surface area contributed by atoms with Gasteiger partial charge in [-0.25, -0.2) is 9.59 Å². The molecule has 0 rings (SSSR count). The maximum Gasteiger partial charge on any atom is 0.331 e. The molecule has 0 atom stereocenters. The van der Waals surface area contributed by atoms with Gasteiger partial charge in [-0.1, -0.05) is 109 Å². The van der Waals surface area contributed by atoms with Gasteiger partial charge in [0.05, 0.1) is 13.2 Å². The van der Waals surface area contributed by atoms with Gasteiger partial charge in [0.2, 0.25) is 0 Å². The topological polar surface area (TPSA) is 52.6 Å². The lowest BCUT2D eigenvalue weighted by atomic mass is 10.1. The van der Waals surface area contributed by atoms with Gasteiger partial charge in [-0.3, -0.25) is 0 Å². The Labute approximate surface area is 191 Å². The van der Waals surface area contributed by atoms with E-state index < -0.39 is 11.9 Å². The van der Waals surface area contributed by atoms with Gasteiger partial charge in [-0.15, -0.1) is 0 Å². The van der Waals surface area contributed by atoms with Crippen molar-refractivity contribution in [3.05, 3.63) is 24.3 Å². The fraction of sp³-hybridized carbons (Fsp3) is 0.778. The van der Waals surface area contributed by atoms with Crippen LogP contribution in [0.3, 0.4) is 0 Å². The third kappa shape index (κ3) is 24.6. The van der Waals surface area contributed by atoms with Gasteiger partial charge in [0, 0.05) is 12.2 Å². The van der Waals surface area contributed by atoms with Crippen LogP contribution in [-0.4, -0.2) is 25.2 Å². The summed E-state index contributed by atoms with van der Waals surface area (Å²) in [5.41, 5.74) is 0. The van der Waals surface area contributed by atoms with Crippen molar-refractivity contribution in [3.8, 4) is 0 Å². The van der Waals surface area contributed by atoms with Crippen LogP contribution in [-0.2, 0) is 19.1 Å². The number of hydrogen-bond donors (Lipinski definition) is 0. The molecular formula is C27H48O4. The second-order valence-electron chi connectivity index (χ2n) is 8.31. The van der Waals surface area contributed by atoms with E-state index >= 15 is 0 Å². The highest BCUT2D eigenvalue weighted by atomic mass is 16.5. The Morgan fingerprint density at radius 3 is 1.48 bits per heavy atom. The van der Waals surface area contributed by atoms with Crippen LogP contribution >= 0.6 is 0 Å². The summed E-state index contributed by atoms with van der Waals surface area (Å²) in [6.07, 6.45) is 27.2. The highest BCUT2D eigenvalue weighted by molar-refractivity contribution is 5.91. The number of carbonyl (C=O) groups excluding carboxylic acids is 2. The van der Waals surface area contributed by atoms with Crippen LogP contribution in [0.5, 0.6) is 0 Å². The Balaban J connectivity index is 3.48. The molecule has 0 amide bonds. The maximum atomic E-state index is 11.6. The van der Waals surface area contributed by atoms with E-state index in [2.05, 4.69) is 26.0 Å². The van der Waals surface area contributed by atoms with Crippen LogP contribution in [0.1, 0.15) is 123 Å². The second-order valence-corrected chi connectivity index (χ2v) is 8.31. The van der Waals surface area contributed by atoms with Gasteiger partial charge in [0.25, 0.3) is 0 Å². The van der Waals surface area contributed by atoms with E-state index in [0.717, 1.165) is 31.4 Å². The molecule has 0 aromatic heterocycles. The van der Waals surface area contributed by atoms with Crippen LogP contribution < -0.4 is 0 Å². The summed E-state index contributed by atoms with van der Waals surface area (Å²) in [5, 5.41) is 0. The van der Waals surface area contributed by atoms with E-state index in [1.54, 1.807) is 0 Å². The summed E-state index contributed by atoms with van der Waals surface area (Å²) in [7, 11) is 0. The Morgan fingerprint density at radius 1 is 0.516 bits per heavy atom. The van der Waals surface area contributed by atoms with E-state index in [-0.39, 0.29) is 0 Å². The number of hydrogen-bond acceptors (Lipinski definition) is 4. The minimum atomic E-state index is -0.496. The van der Waals surface area contributed by atoms with Gasteiger partial charge in [-0.2, -0.15) is 0 Å². The predicted molar refractivity (Wildman–Crippen MR) is 130 cm³/mol. The number of esters is 2. The van der Waals surface area contributed by atoms with Crippen molar-refractivity contribution >= 4 is 11.9 Å². The first-order chi connectivity index (χ1) is 15.2. The largest absolute Gasteiger partial charge is 0.463 e. The number of rotatable bonds is 22. The van der Waals surface area contributed by atoms with Crippen molar-refractivity contribution in [2.45, 2.75) is 123 Å². The summed E-state index contributed by atoms with van der Waals surface area (Å²) in [6.45, 7) is 5.21. The highest BCUT2D eigenvalue weighted by Crippen LogP contribution is 2.10. The summed E-state index contributed by atoms with van der Waals surface area (Å²) < 4.78 is 10.2. The normalized spacial score (nSPS) is 11.4. The molecule has 0 spiro atoms. The number of ether oxygens (including phenoxy) is 2. The van der Waals surface area contributed by atoms with Crippen molar-refractivity contribution in [1.82, 2.24) is 0 Å². The smallest absolute Gasteiger partial charge is 0.331 e. The second kappa shape index (κ2) is 24.7. The summed E-state index contributed by atoms with van der Waals surface area (Å²) >= 11 is 0. The van der Waals surface area contributed by atoms with Crippen LogP contribution in [0.15, 0.2) is 24.3 Å². The minimum absolute atomic E-state index is 0.337. The molecule has 31 heavy (non-hydrogen) atoms. The zero-order valence-corrected chi connectivity index (χ0v) is 20.4. The molecule has 0 aliphatic carbocycles. The van der Waals surface area contributed by atoms with E-state index in [0.29, 0.717) is 19.6 Å². The Bertz CT molecular complexity index is 468. The molecular weight excluding hydrogens is 388 g/mol.